The molecule has 2 aliphatic heterocycles. The van der Waals surface area contributed by atoms with Gasteiger partial charge in [0.05, 0.1) is 6.04 Å². The van der Waals surface area contributed by atoms with Gasteiger partial charge in [0.1, 0.15) is 19.1 Å². The molecule has 0 saturated carbocycles. The van der Waals surface area contributed by atoms with Crippen LogP contribution in [-0.4, -0.2) is 30.2 Å². The van der Waals surface area contributed by atoms with Crippen molar-refractivity contribution in [3.63, 3.8) is 0 Å². The van der Waals surface area contributed by atoms with Crippen molar-refractivity contribution in [3.05, 3.63) is 108 Å². The number of nitrogens with two attached hydrogens (primary N) is 1. The van der Waals surface area contributed by atoms with Gasteiger partial charge in [-0.15, -0.1) is 0 Å². The Hall–Kier alpha value is -4.78. The molecule has 1 amide bonds. The number of hydrogen-bond acceptors (Lipinski definition) is 5. The molecule has 3 N–H and O–H groups in total. The van der Waals surface area contributed by atoms with Crippen molar-refractivity contribution >= 4 is 23.3 Å². The van der Waals surface area contributed by atoms with Crippen LogP contribution in [0.4, 0.5) is 11.4 Å². The number of amides is 1. The number of carbonyl (C=O) groups is 2. The van der Waals surface area contributed by atoms with Crippen LogP contribution < -0.4 is 20.1 Å². The highest BCUT2D eigenvalue weighted by Crippen LogP contribution is 2.47. The second kappa shape index (κ2) is 9.02. The molecule has 4 aromatic rings. The fourth-order valence-corrected chi connectivity index (χ4v) is 5.16. The first-order chi connectivity index (χ1) is 18.0. The van der Waals surface area contributed by atoms with E-state index in [1.54, 1.807) is 41.3 Å². The molecule has 0 bridgehead atoms. The van der Waals surface area contributed by atoms with Crippen molar-refractivity contribution < 1.29 is 24.2 Å². The quantitative estimate of drug-likeness (QED) is 0.376. The molecule has 6 rings (SSSR count). The molecule has 2 heterocycles. The van der Waals surface area contributed by atoms with Crippen molar-refractivity contribution in [2.45, 2.75) is 12.0 Å². The number of anilines is 2. The van der Waals surface area contributed by atoms with Crippen LogP contribution in [0.1, 0.15) is 33.4 Å². The van der Waals surface area contributed by atoms with Gasteiger partial charge in [-0.05, 0) is 64.7 Å². The van der Waals surface area contributed by atoms with E-state index in [9.17, 15) is 14.7 Å². The summed E-state index contributed by atoms with van der Waals surface area (Å²) in [6.07, 6.45) is 0. The van der Waals surface area contributed by atoms with Crippen LogP contribution in [0.25, 0.3) is 11.1 Å². The summed E-state index contributed by atoms with van der Waals surface area (Å²) in [7, 11) is 0. The third-order valence-electron chi connectivity index (χ3n) is 6.90. The van der Waals surface area contributed by atoms with E-state index in [0.29, 0.717) is 52.8 Å². The maximum Gasteiger partial charge on any atom is 0.313 e. The summed E-state index contributed by atoms with van der Waals surface area (Å²) < 4.78 is 11.4. The first-order valence-corrected chi connectivity index (χ1v) is 12.0. The molecule has 0 spiro atoms. The number of carboxylic acid groups (broad SMARTS) is 1. The second-order valence-corrected chi connectivity index (χ2v) is 9.10. The summed E-state index contributed by atoms with van der Waals surface area (Å²) in [6, 6.07) is 26.6. The van der Waals surface area contributed by atoms with Gasteiger partial charge >= 0.3 is 5.97 Å². The van der Waals surface area contributed by atoms with Gasteiger partial charge in [0.25, 0.3) is 5.91 Å². The first-order valence-electron chi connectivity index (χ1n) is 12.0. The molecule has 2 atom stereocenters. The summed E-state index contributed by atoms with van der Waals surface area (Å²) >= 11 is 0. The van der Waals surface area contributed by atoms with E-state index in [1.807, 2.05) is 54.6 Å². The molecule has 0 saturated heterocycles. The third kappa shape index (κ3) is 3.94. The Labute approximate surface area is 213 Å². The molecule has 0 aliphatic carbocycles. The van der Waals surface area contributed by atoms with Crippen LogP contribution >= 0.6 is 0 Å². The zero-order chi connectivity index (χ0) is 25.5. The molecular formula is C30H24N2O5. The summed E-state index contributed by atoms with van der Waals surface area (Å²) in [5.74, 6) is -1.11. The Morgan fingerprint density at radius 3 is 2.19 bits per heavy atom. The predicted octanol–water partition coefficient (Wildman–Crippen LogP) is 5.28. The number of aliphatic carboxylic acids is 1. The Balaban J connectivity index is 1.49. The molecule has 0 unspecified atom stereocenters. The topological polar surface area (TPSA) is 102 Å². The molecule has 37 heavy (non-hydrogen) atoms. The van der Waals surface area contributed by atoms with Gasteiger partial charge in [-0.3, -0.25) is 14.5 Å². The van der Waals surface area contributed by atoms with Gasteiger partial charge in [0.15, 0.2) is 11.5 Å². The zero-order valence-corrected chi connectivity index (χ0v) is 19.8. The van der Waals surface area contributed by atoms with Crippen LogP contribution in [0.2, 0.25) is 0 Å². The number of benzene rings is 4. The van der Waals surface area contributed by atoms with Gasteiger partial charge in [-0.1, -0.05) is 48.5 Å². The lowest BCUT2D eigenvalue weighted by molar-refractivity contribution is -0.139. The van der Waals surface area contributed by atoms with E-state index in [-0.39, 0.29) is 5.91 Å². The van der Waals surface area contributed by atoms with E-state index >= 15 is 0 Å². The normalized spacial score (nSPS) is 18.3. The van der Waals surface area contributed by atoms with E-state index < -0.39 is 17.9 Å². The Morgan fingerprint density at radius 1 is 0.838 bits per heavy atom. The number of rotatable bonds is 4. The number of carbonyl (C=O) groups excluding carboxylic acids is 1. The van der Waals surface area contributed by atoms with Gasteiger partial charge < -0.3 is 20.3 Å². The highest BCUT2D eigenvalue weighted by atomic mass is 16.6. The lowest BCUT2D eigenvalue weighted by Crippen LogP contribution is -2.45. The van der Waals surface area contributed by atoms with Crippen LogP contribution in [0, 0.1) is 0 Å². The lowest BCUT2D eigenvalue weighted by Gasteiger charge is -2.41. The van der Waals surface area contributed by atoms with E-state index in [1.165, 1.54) is 0 Å². The molecule has 4 aromatic carbocycles. The van der Waals surface area contributed by atoms with Crippen molar-refractivity contribution in [2.24, 2.45) is 0 Å². The van der Waals surface area contributed by atoms with E-state index in [4.69, 9.17) is 15.2 Å². The zero-order valence-electron chi connectivity index (χ0n) is 19.8. The van der Waals surface area contributed by atoms with Gasteiger partial charge in [-0.25, -0.2) is 0 Å². The van der Waals surface area contributed by atoms with Crippen LogP contribution in [0.5, 0.6) is 11.5 Å². The molecule has 0 aromatic heterocycles. The molecular weight excluding hydrogens is 468 g/mol. The molecule has 184 valence electrons. The number of hydrogen-bond donors (Lipinski definition) is 2. The summed E-state index contributed by atoms with van der Waals surface area (Å²) in [6.45, 7) is 0.855. The summed E-state index contributed by atoms with van der Waals surface area (Å²) in [5.41, 5.74) is 10.6. The minimum Gasteiger partial charge on any atom is -0.486 e. The van der Waals surface area contributed by atoms with Crippen LogP contribution in [0.3, 0.4) is 0 Å². The summed E-state index contributed by atoms with van der Waals surface area (Å²) in [4.78, 5) is 28.2. The van der Waals surface area contributed by atoms with Crippen molar-refractivity contribution in [1.82, 2.24) is 0 Å². The molecule has 0 fully saturated rings. The van der Waals surface area contributed by atoms with E-state index in [2.05, 4.69) is 0 Å². The standard InChI is InChI=1S/C30H24N2O5/c31-21-10-5-18(6-11-21)19-7-12-22(13-8-19)32-28(20-9-14-25-26(17-20)37-16-15-36-25)27(30(34)35)23-3-1-2-4-24(23)29(32)33/h1-14,17,27-28H,15-16,31H2,(H,34,35)/t27-,28+/m0/s1. The Bertz CT molecular complexity index is 1500. The third-order valence-corrected chi connectivity index (χ3v) is 6.90. The average Bonchev–Trinajstić information content (AvgIpc) is 2.93. The highest BCUT2D eigenvalue weighted by molar-refractivity contribution is 6.11. The SMILES string of the molecule is Nc1ccc(-c2ccc(N3C(=O)c4ccccc4[C@H](C(=O)O)[C@H]3c3ccc4c(c3)OCCO4)cc2)cc1. The average molecular weight is 493 g/mol. The second-order valence-electron chi connectivity index (χ2n) is 9.10. The smallest absolute Gasteiger partial charge is 0.313 e. The predicted molar refractivity (Wildman–Crippen MR) is 140 cm³/mol. The van der Waals surface area contributed by atoms with Crippen molar-refractivity contribution in [2.75, 3.05) is 23.8 Å². The molecule has 2 aliphatic rings. The van der Waals surface area contributed by atoms with Crippen molar-refractivity contribution in [1.29, 1.82) is 0 Å². The molecule has 7 heteroatoms. The van der Waals surface area contributed by atoms with E-state index in [0.717, 1.165) is 11.1 Å². The highest BCUT2D eigenvalue weighted by Gasteiger charge is 2.45. The van der Waals surface area contributed by atoms with Crippen molar-refractivity contribution in [3.8, 4) is 22.6 Å². The largest absolute Gasteiger partial charge is 0.486 e. The number of nitrogens with zero attached hydrogens (tertiary/aromatic N) is 1. The number of ether oxygens (including phenoxy) is 2. The lowest BCUT2D eigenvalue weighted by atomic mass is 9.79. The monoisotopic (exact) mass is 492 g/mol. The van der Waals surface area contributed by atoms with Gasteiger partial charge in [0.2, 0.25) is 0 Å². The number of carboxylic acids is 1. The maximum absolute atomic E-state index is 13.9. The molecule has 7 nitrogen and oxygen atoms in total. The minimum absolute atomic E-state index is 0.256. The fourth-order valence-electron chi connectivity index (χ4n) is 5.16. The number of nitrogen functional groups attached to an aromatic ring is 1. The Morgan fingerprint density at radius 2 is 1.49 bits per heavy atom. The Kier molecular flexibility index (Phi) is 5.53. The van der Waals surface area contributed by atoms with Gasteiger partial charge in [0, 0.05) is 16.9 Å². The number of fused-ring (bicyclic) bond motifs is 2. The maximum atomic E-state index is 13.9. The van der Waals surface area contributed by atoms with Gasteiger partial charge in [-0.2, -0.15) is 0 Å². The fraction of sp³-hybridized carbons (Fsp3) is 0.133. The first kappa shape index (κ1) is 22.7. The van der Waals surface area contributed by atoms with Crippen LogP contribution in [0.15, 0.2) is 91.0 Å². The summed E-state index contributed by atoms with van der Waals surface area (Å²) in [5, 5.41) is 10.4. The van der Waals surface area contributed by atoms with Crippen LogP contribution in [-0.2, 0) is 4.79 Å². The minimum atomic E-state index is -1.01. The molecule has 0 radical (unpaired) electrons.